The topological polar surface area (TPSA) is 60.5 Å². The molecule has 0 aliphatic carbocycles. The number of methoxy groups -OCH3 is 1. The molecule has 24 heavy (non-hydrogen) atoms. The number of hydrogen-bond acceptors (Lipinski definition) is 4. The molecule has 0 fully saturated rings. The Kier molecular flexibility index (Phi) is 4.72. The molecule has 0 bridgehead atoms. The van der Waals surface area contributed by atoms with Crippen LogP contribution >= 0.6 is 0 Å². The number of aromatic nitrogens is 1. The van der Waals surface area contributed by atoms with E-state index in [1.165, 1.54) is 13.3 Å². The largest absolute Gasteiger partial charge is 0.481 e. The van der Waals surface area contributed by atoms with E-state index in [2.05, 4.69) is 10.3 Å². The highest BCUT2D eigenvalue weighted by Gasteiger charge is 2.07. The molecule has 0 spiro atoms. The molecule has 3 aromatic rings. The molecule has 0 saturated heterocycles. The number of nitrogens with one attached hydrogen (secondary N) is 1. The number of carbonyl (C=O) groups is 1. The summed E-state index contributed by atoms with van der Waals surface area (Å²) in [6, 6.07) is 20.0. The molecule has 1 N–H and O–H groups in total. The molecular weight excluding hydrogens is 304 g/mol. The number of pyridine rings is 1. The highest BCUT2D eigenvalue weighted by molar-refractivity contribution is 6.04. The molecule has 0 unspecified atom stereocenters. The Hall–Kier alpha value is -3.34. The number of amides is 1. The fraction of sp³-hybridized carbons (Fsp3) is 0.0526. The molecule has 1 amide bonds. The zero-order valence-electron chi connectivity index (χ0n) is 13.1. The van der Waals surface area contributed by atoms with Crippen LogP contribution in [0.15, 0.2) is 72.9 Å². The Morgan fingerprint density at radius 2 is 1.62 bits per heavy atom. The Labute approximate surface area is 139 Å². The molecule has 1 heterocycles. The normalized spacial score (nSPS) is 10.0. The van der Waals surface area contributed by atoms with E-state index in [0.717, 1.165) is 5.75 Å². The van der Waals surface area contributed by atoms with E-state index >= 15 is 0 Å². The lowest BCUT2D eigenvalue weighted by molar-refractivity contribution is 0.102. The summed E-state index contributed by atoms with van der Waals surface area (Å²) in [6.07, 6.45) is 1.47. The first-order valence-corrected chi connectivity index (χ1v) is 7.39. The number of ether oxygens (including phenoxy) is 2. The van der Waals surface area contributed by atoms with Gasteiger partial charge in [0.2, 0.25) is 5.88 Å². The first-order chi connectivity index (χ1) is 11.7. The van der Waals surface area contributed by atoms with Gasteiger partial charge in [0, 0.05) is 18.0 Å². The average molecular weight is 320 g/mol. The molecule has 5 heteroatoms. The molecule has 2 aromatic carbocycles. The molecular formula is C19H16N2O3. The predicted octanol–water partition coefficient (Wildman–Crippen LogP) is 4.13. The zero-order valence-corrected chi connectivity index (χ0v) is 13.1. The van der Waals surface area contributed by atoms with Gasteiger partial charge < -0.3 is 14.8 Å². The quantitative estimate of drug-likeness (QED) is 0.767. The molecule has 3 rings (SSSR count). The summed E-state index contributed by atoms with van der Waals surface area (Å²) in [5.74, 6) is 1.69. The van der Waals surface area contributed by atoms with Gasteiger partial charge in [-0.2, -0.15) is 0 Å². The summed E-state index contributed by atoms with van der Waals surface area (Å²) < 4.78 is 10.7. The lowest BCUT2D eigenvalue weighted by Crippen LogP contribution is -2.12. The van der Waals surface area contributed by atoms with E-state index in [-0.39, 0.29) is 5.91 Å². The second-order valence-electron chi connectivity index (χ2n) is 4.98. The van der Waals surface area contributed by atoms with Gasteiger partial charge in [0.1, 0.15) is 11.5 Å². The number of benzene rings is 2. The third-order valence-electron chi connectivity index (χ3n) is 3.30. The first kappa shape index (κ1) is 15.6. The maximum absolute atomic E-state index is 12.2. The lowest BCUT2D eigenvalue weighted by atomic mass is 10.2. The summed E-state index contributed by atoms with van der Waals surface area (Å²) in [4.78, 5) is 16.2. The second-order valence-corrected chi connectivity index (χ2v) is 4.98. The van der Waals surface area contributed by atoms with Gasteiger partial charge in [-0.3, -0.25) is 4.79 Å². The van der Waals surface area contributed by atoms with Crippen LogP contribution in [0.5, 0.6) is 17.4 Å². The van der Waals surface area contributed by atoms with Crippen molar-refractivity contribution in [3.63, 3.8) is 0 Å². The van der Waals surface area contributed by atoms with Crippen molar-refractivity contribution < 1.29 is 14.3 Å². The van der Waals surface area contributed by atoms with Gasteiger partial charge in [-0.05, 0) is 42.5 Å². The molecule has 120 valence electrons. The maximum atomic E-state index is 12.2. The maximum Gasteiger partial charge on any atom is 0.257 e. The first-order valence-electron chi connectivity index (χ1n) is 7.39. The van der Waals surface area contributed by atoms with Crippen LogP contribution in [0.25, 0.3) is 0 Å². The van der Waals surface area contributed by atoms with E-state index < -0.39 is 0 Å². The average Bonchev–Trinajstić information content (AvgIpc) is 2.64. The summed E-state index contributed by atoms with van der Waals surface area (Å²) in [5.41, 5.74) is 1.14. The van der Waals surface area contributed by atoms with Crippen molar-refractivity contribution in [1.29, 1.82) is 0 Å². The fourth-order valence-electron chi connectivity index (χ4n) is 2.07. The van der Waals surface area contributed by atoms with E-state index in [9.17, 15) is 4.79 Å². The van der Waals surface area contributed by atoms with Gasteiger partial charge in [0.05, 0.1) is 12.7 Å². The second kappa shape index (κ2) is 7.28. The van der Waals surface area contributed by atoms with Crippen molar-refractivity contribution >= 4 is 11.6 Å². The fourth-order valence-corrected chi connectivity index (χ4v) is 2.07. The number of carbonyl (C=O) groups excluding carboxylic acids is 1. The van der Waals surface area contributed by atoms with Gasteiger partial charge in [-0.15, -0.1) is 0 Å². The molecule has 0 aliphatic rings. The van der Waals surface area contributed by atoms with Crippen molar-refractivity contribution in [2.45, 2.75) is 0 Å². The predicted molar refractivity (Wildman–Crippen MR) is 91.7 cm³/mol. The van der Waals surface area contributed by atoms with Crippen LogP contribution in [0.4, 0.5) is 5.69 Å². The number of para-hydroxylation sites is 1. The molecule has 0 saturated carbocycles. The van der Waals surface area contributed by atoms with Crippen molar-refractivity contribution in [3.05, 3.63) is 78.5 Å². The monoisotopic (exact) mass is 320 g/mol. The standard InChI is InChI=1S/C19H16N2O3/c1-23-18-12-7-14(13-20-18)19(22)21-15-8-10-17(11-9-15)24-16-5-3-2-4-6-16/h2-13H,1H3,(H,21,22). The molecule has 1 aromatic heterocycles. The minimum atomic E-state index is -0.234. The van der Waals surface area contributed by atoms with Gasteiger partial charge in [-0.1, -0.05) is 18.2 Å². The van der Waals surface area contributed by atoms with Crippen LogP contribution in [0.3, 0.4) is 0 Å². The minimum absolute atomic E-state index is 0.234. The van der Waals surface area contributed by atoms with Crippen molar-refractivity contribution in [2.24, 2.45) is 0 Å². The highest BCUT2D eigenvalue weighted by Crippen LogP contribution is 2.22. The zero-order chi connectivity index (χ0) is 16.8. The summed E-state index contributed by atoms with van der Waals surface area (Å²) in [6.45, 7) is 0. The van der Waals surface area contributed by atoms with E-state index in [1.807, 2.05) is 30.3 Å². The lowest BCUT2D eigenvalue weighted by Gasteiger charge is -2.08. The summed E-state index contributed by atoms with van der Waals surface area (Å²) in [7, 11) is 1.53. The van der Waals surface area contributed by atoms with E-state index in [1.54, 1.807) is 36.4 Å². The Morgan fingerprint density at radius 3 is 2.25 bits per heavy atom. The van der Waals surface area contributed by atoms with E-state index in [0.29, 0.717) is 22.9 Å². The van der Waals surface area contributed by atoms with Crippen molar-refractivity contribution in [3.8, 4) is 17.4 Å². The van der Waals surface area contributed by atoms with Crippen molar-refractivity contribution in [1.82, 2.24) is 4.98 Å². The number of nitrogens with zero attached hydrogens (tertiary/aromatic N) is 1. The van der Waals surface area contributed by atoms with Crippen molar-refractivity contribution in [2.75, 3.05) is 12.4 Å². The van der Waals surface area contributed by atoms with Crippen LogP contribution in [-0.2, 0) is 0 Å². The van der Waals surface area contributed by atoms with Gasteiger partial charge in [0.25, 0.3) is 5.91 Å². The van der Waals surface area contributed by atoms with Gasteiger partial charge in [0.15, 0.2) is 0 Å². The molecule has 0 atom stereocenters. The summed E-state index contributed by atoms with van der Waals surface area (Å²) in [5, 5.41) is 2.81. The number of rotatable bonds is 5. The Bertz CT molecular complexity index is 800. The third kappa shape index (κ3) is 3.89. The number of hydrogen-bond donors (Lipinski definition) is 1. The van der Waals surface area contributed by atoms with Gasteiger partial charge in [-0.25, -0.2) is 4.98 Å². The molecule has 5 nitrogen and oxygen atoms in total. The minimum Gasteiger partial charge on any atom is -0.481 e. The Morgan fingerprint density at radius 1 is 0.917 bits per heavy atom. The van der Waals surface area contributed by atoms with Crippen LogP contribution in [0.1, 0.15) is 10.4 Å². The third-order valence-corrected chi connectivity index (χ3v) is 3.30. The molecule has 0 aliphatic heterocycles. The van der Waals surface area contributed by atoms with E-state index in [4.69, 9.17) is 9.47 Å². The van der Waals surface area contributed by atoms with Crippen LogP contribution < -0.4 is 14.8 Å². The highest BCUT2D eigenvalue weighted by atomic mass is 16.5. The van der Waals surface area contributed by atoms with Crippen LogP contribution in [0.2, 0.25) is 0 Å². The smallest absolute Gasteiger partial charge is 0.257 e. The molecule has 0 radical (unpaired) electrons. The van der Waals surface area contributed by atoms with Crippen LogP contribution in [0, 0.1) is 0 Å². The SMILES string of the molecule is COc1ccc(C(=O)Nc2ccc(Oc3ccccc3)cc2)cn1. The van der Waals surface area contributed by atoms with Crippen LogP contribution in [-0.4, -0.2) is 18.0 Å². The van der Waals surface area contributed by atoms with Gasteiger partial charge >= 0.3 is 0 Å². The Balaban J connectivity index is 1.64. The summed E-state index contributed by atoms with van der Waals surface area (Å²) >= 11 is 0. The number of anilines is 1.